The average molecular weight is 190 g/mol. The van der Waals surface area contributed by atoms with Crippen molar-refractivity contribution in [2.24, 2.45) is 5.73 Å². The SMILES string of the molecule is NC(=O)O.O=c1[nH]c(=O)[nH]c(=O)[nH]1. The molecule has 9 nitrogen and oxygen atoms in total. The number of H-pyrrole nitrogens is 3. The molecule has 0 saturated heterocycles. The van der Waals surface area contributed by atoms with Crippen molar-refractivity contribution in [1.29, 1.82) is 0 Å². The summed E-state index contributed by atoms with van der Waals surface area (Å²) in [5, 5.41) is 7.19. The first kappa shape index (κ1) is 10.7. The summed E-state index contributed by atoms with van der Waals surface area (Å²) in [4.78, 5) is 44.7. The summed E-state index contributed by atoms with van der Waals surface area (Å²) in [7, 11) is 0. The van der Waals surface area contributed by atoms with Gasteiger partial charge >= 0.3 is 23.2 Å². The van der Waals surface area contributed by atoms with Gasteiger partial charge in [-0.1, -0.05) is 0 Å². The maximum atomic E-state index is 10.2. The fraction of sp³-hybridized carbons (Fsp3) is 0. The van der Waals surface area contributed by atoms with Crippen molar-refractivity contribution >= 4 is 6.09 Å². The second kappa shape index (κ2) is 4.54. The summed E-state index contributed by atoms with van der Waals surface area (Å²) in [5.41, 5.74) is 1.62. The van der Waals surface area contributed by atoms with Crippen LogP contribution < -0.4 is 22.8 Å². The molecular weight excluding hydrogens is 184 g/mol. The van der Waals surface area contributed by atoms with Crippen molar-refractivity contribution in [2.75, 3.05) is 0 Å². The van der Waals surface area contributed by atoms with Gasteiger partial charge in [-0.3, -0.25) is 15.0 Å². The van der Waals surface area contributed by atoms with Crippen LogP contribution in [0.3, 0.4) is 0 Å². The Labute approximate surface area is 69.2 Å². The maximum Gasteiger partial charge on any atom is 0.402 e. The Bertz CT molecular complexity index is 356. The Kier molecular flexibility index (Phi) is 3.73. The number of amides is 1. The fourth-order valence-electron chi connectivity index (χ4n) is 0.403. The van der Waals surface area contributed by atoms with Crippen LogP contribution in [0.4, 0.5) is 4.79 Å². The van der Waals surface area contributed by atoms with Crippen LogP contribution >= 0.6 is 0 Å². The van der Waals surface area contributed by atoms with Crippen LogP contribution in [0.1, 0.15) is 0 Å². The van der Waals surface area contributed by atoms with E-state index in [0.29, 0.717) is 0 Å². The number of carboxylic acid groups (broad SMARTS) is 1. The highest BCUT2D eigenvalue weighted by Crippen LogP contribution is 1.34. The number of primary amides is 1. The Balaban J connectivity index is 0.000000310. The Morgan fingerprint density at radius 3 is 1.31 bits per heavy atom. The first-order valence-electron chi connectivity index (χ1n) is 2.83. The first-order chi connectivity index (χ1) is 5.91. The quantitative estimate of drug-likeness (QED) is 0.302. The predicted octanol–water partition coefficient (Wildman–Crippen LogP) is -2.63. The van der Waals surface area contributed by atoms with Crippen molar-refractivity contribution in [3.8, 4) is 0 Å². The van der Waals surface area contributed by atoms with Gasteiger partial charge in [0.25, 0.3) is 0 Å². The molecule has 0 aliphatic heterocycles. The van der Waals surface area contributed by atoms with E-state index < -0.39 is 23.2 Å². The molecule has 6 N–H and O–H groups in total. The fourth-order valence-corrected chi connectivity index (χ4v) is 0.403. The number of hydrogen-bond acceptors (Lipinski definition) is 4. The van der Waals surface area contributed by atoms with Gasteiger partial charge in [-0.15, -0.1) is 0 Å². The highest BCUT2D eigenvalue weighted by atomic mass is 16.4. The predicted molar refractivity (Wildman–Crippen MR) is 40.5 cm³/mol. The highest BCUT2D eigenvalue weighted by Gasteiger charge is 1.85. The molecule has 0 unspecified atom stereocenters. The molecule has 13 heavy (non-hydrogen) atoms. The van der Waals surface area contributed by atoms with Gasteiger partial charge in [0.1, 0.15) is 0 Å². The van der Waals surface area contributed by atoms with E-state index >= 15 is 0 Å². The van der Waals surface area contributed by atoms with E-state index in [1.165, 1.54) is 0 Å². The lowest BCUT2D eigenvalue weighted by molar-refractivity contribution is 0.205. The van der Waals surface area contributed by atoms with E-state index in [-0.39, 0.29) is 0 Å². The molecule has 0 bridgehead atoms. The van der Waals surface area contributed by atoms with Crippen LogP contribution in [0.25, 0.3) is 0 Å². The summed E-state index contributed by atoms with van der Waals surface area (Å²) in [6, 6.07) is 0. The molecule has 1 aromatic rings. The van der Waals surface area contributed by atoms with Gasteiger partial charge < -0.3 is 10.8 Å². The van der Waals surface area contributed by atoms with Crippen LogP contribution in [-0.2, 0) is 0 Å². The van der Waals surface area contributed by atoms with E-state index in [4.69, 9.17) is 9.90 Å². The molecule has 72 valence electrons. The zero-order valence-corrected chi connectivity index (χ0v) is 6.16. The number of carbonyl (C=O) groups is 1. The third-order valence-electron chi connectivity index (χ3n) is 0.681. The average Bonchev–Trinajstić information content (AvgIpc) is 1.80. The van der Waals surface area contributed by atoms with Gasteiger partial charge in [-0.05, 0) is 0 Å². The van der Waals surface area contributed by atoms with E-state index in [9.17, 15) is 14.4 Å². The third kappa shape index (κ3) is 6.09. The normalized spacial score (nSPS) is 8.31. The lowest BCUT2D eigenvalue weighted by Gasteiger charge is -1.77. The number of nitrogens with one attached hydrogen (secondary N) is 3. The molecule has 0 saturated carbocycles. The smallest absolute Gasteiger partial charge is 0.402 e. The zero-order valence-electron chi connectivity index (χ0n) is 6.16. The van der Waals surface area contributed by atoms with Gasteiger partial charge in [0, 0.05) is 0 Å². The van der Waals surface area contributed by atoms with Gasteiger partial charge in [0.05, 0.1) is 0 Å². The van der Waals surface area contributed by atoms with E-state index in [0.717, 1.165) is 0 Å². The molecule has 1 amide bonds. The first-order valence-corrected chi connectivity index (χ1v) is 2.83. The second-order valence-corrected chi connectivity index (χ2v) is 1.70. The maximum absolute atomic E-state index is 10.2. The standard InChI is InChI=1S/C3H3N3O3.CH3NO2/c7-1-4-2(8)6-3(9)5-1;2-1(3)4/h(H3,4,5,6,7,8,9);2H2,(H,3,4). The van der Waals surface area contributed by atoms with Crippen molar-refractivity contribution in [2.45, 2.75) is 0 Å². The van der Waals surface area contributed by atoms with Crippen molar-refractivity contribution < 1.29 is 9.90 Å². The molecule has 0 fully saturated rings. The minimum absolute atomic E-state index is 0.802. The minimum Gasteiger partial charge on any atom is -0.465 e. The van der Waals surface area contributed by atoms with Gasteiger partial charge in [-0.2, -0.15) is 0 Å². The Morgan fingerprint density at radius 1 is 1.00 bits per heavy atom. The molecule has 0 aromatic carbocycles. The summed E-state index contributed by atoms with van der Waals surface area (Å²) in [5.74, 6) is 0. The van der Waals surface area contributed by atoms with Crippen LogP contribution in [0.5, 0.6) is 0 Å². The highest BCUT2D eigenvalue weighted by molar-refractivity contribution is 5.61. The summed E-state index contributed by atoms with van der Waals surface area (Å²) >= 11 is 0. The molecule has 1 heterocycles. The van der Waals surface area contributed by atoms with Crippen LogP contribution in [0.2, 0.25) is 0 Å². The third-order valence-corrected chi connectivity index (χ3v) is 0.681. The topological polar surface area (TPSA) is 162 Å². The largest absolute Gasteiger partial charge is 0.465 e. The lowest BCUT2D eigenvalue weighted by atomic mass is 11.0. The summed E-state index contributed by atoms with van der Waals surface area (Å²) in [6.45, 7) is 0. The molecule has 9 heteroatoms. The Morgan fingerprint density at radius 2 is 1.15 bits per heavy atom. The minimum atomic E-state index is -1.33. The number of aromatic amines is 3. The molecule has 0 atom stereocenters. The number of rotatable bonds is 0. The lowest BCUT2D eigenvalue weighted by Crippen LogP contribution is -2.34. The second-order valence-electron chi connectivity index (χ2n) is 1.70. The molecule has 0 aliphatic rings. The Hall–Kier alpha value is -2.32. The number of hydrogen-bond donors (Lipinski definition) is 5. The van der Waals surface area contributed by atoms with Crippen molar-refractivity contribution in [3.05, 3.63) is 31.5 Å². The summed E-state index contributed by atoms with van der Waals surface area (Å²) < 4.78 is 0. The van der Waals surface area contributed by atoms with Crippen LogP contribution in [0.15, 0.2) is 14.4 Å². The molecule has 1 rings (SSSR count). The zero-order chi connectivity index (χ0) is 10.4. The monoisotopic (exact) mass is 190 g/mol. The molecule has 0 spiro atoms. The molecule has 0 aliphatic carbocycles. The molecule has 0 radical (unpaired) electrons. The van der Waals surface area contributed by atoms with Crippen LogP contribution in [-0.4, -0.2) is 26.2 Å². The molecule has 1 aromatic heterocycles. The van der Waals surface area contributed by atoms with Gasteiger partial charge in [0.15, 0.2) is 0 Å². The summed E-state index contributed by atoms with van der Waals surface area (Å²) in [6.07, 6.45) is -1.33. The number of aromatic nitrogens is 3. The van der Waals surface area contributed by atoms with E-state index in [2.05, 4.69) is 5.73 Å². The number of nitrogens with two attached hydrogens (primary N) is 1. The van der Waals surface area contributed by atoms with Gasteiger partial charge in [0.2, 0.25) is 0 Å². The molecular formula is C4H6N4O5. The van der Waals surface area contributed by atoms with Crippen LogP contribution in [0, 0.1) is 0 Å². The van der Waals surface area contributed by atoms with Gasteiger partial charge in [-0.25, -0.2) is 19.2 Å². The van der Waals surface area contributed by atoms with Crippen molar-refractivity contribution in [1.82, 2.24) is 15.0 Å². The van der Waals surface area contributed by atoms with E-state index in [1.54, 1.807) is 15.0 Å². The van der Waals surface area contributed by atoms with E-state index in [1.807, 2.05) is 0 Å². The van der Waals surface area contributed by atoms with Crippen molar-refractivity contribution in [3.63, 3.8) is 0 Å².